The van der Waals surface area contributed by atoms with Crippen LogP contribution in [0.15, 0.2) is 42.5 Å². The second-order valence-electron chi connectivity index (χ2n) is 8.44. The summed E-state index contributed by atoms with van der Waals surface area (Å²) >= 11 is 0. The molecule has 0 aromatic heterocycles. The Labute approximate surface area is 200 Å². The Morgan fingerprint density at radius 1 is 1.09 bits per heavy atom. The van der Waals surface area contributed by atoms with Gasteiger partial charge >= 0.3 is 0 Å². The lowest BCUT2D eigenvalue weighted by Crippen LogP contribution is -2.46. The molecule has 34 heavy (non-hydrogen) atoms. The first-order valence-electron chi connectivity index (χ1n) is 11.6. The number of nitrogens with one attached hydrogen (secondary N) is 1. The minimum atomic E-state index is -0.874. The molecule has 1 fully saturated rings. The molecule has 8 heteroatoms. The number of carbonyl (C=O) groups excluding carboxylic acids is 1. The zero-order chi connectivity index (χ0) is 23.0. The number of rotatable bonds is 10. The van der Waals surface area contributed by atoms with E-state index in [0.29, 0.717) is 55.6 Å². The fraction of sp³-hybridized carbons (Fsp3) is 0.500. The topological polar surface area (TPSA) is 80.3 Å². The van der Waals surface area contributed by atoms with Crippen LogP contribution in [0.4, 0.5) is 4.39 Å². The molecule has 2 heterocycles. The molecule has 1 amide bonds. The molecule has 2 aromatic carbocycles. The predicted octanol–water partition coefficient (Wildman–Crippen LogP) is 3.71. The number of aliphatic hydroxyl groups excluding tert-OH is 1. The second-order valence-corrected chi connectivity index (χ2v) is 8.44. The van der Waals surface area contributed by atoms with Crippen LogP contribution < -0.4 is 19.5 Å². The fourth-order valence-electron chi connectivity index (χ4n) is 4.18. The van der Waals surface area contributed by atoms with E-state index in [1.807, 2.05) is 6.07 Å². The molecule has 186 valence electrons. The van der Waals surface area contributed by atoms with Crippen molar-refractivity contribution >= 4 is 5.91 Å². The van der Waals surface area contributed by atoms with Crippen molar-refractivity contribution in [2.45, 2.75) is 45.3 Å². The molecule has 0 unspecified atom stereocenters. The van der Waals surface area contributed by atoms with Gasteiger partial charge in [0.2, 0.25) is 5.91 Å². The summed E-state index contributed by atoms with van der Waals surface area (Å²) in [4.78, 5) is 14.9. The fourth-order valence-corrected chi connectivity index (χ4v) is 4.18. The number of halogens is 1. The number of aliphatic hydroxyl groups is 1. The van der Waals surface area contributed by atoms with Gasteiger partial charge in [0.05, 0.1) is 12.6 Å². The van der Waals surface area contributed by atoms with Gasteiger partial charge in [-0.15, -0.1) is 0 Å². The number of benzene rings is 2. The lowest BCUT2D eigenvalue weighted by Gasteiger charge is -2.29. The molecular formula is C26H35FN2O5. The standard InChI is InChI=1S/C25H31FN2O5.CH4/c26-19-6-8-20(9-7-19)31-13-3-4-24(29)27-21(17-28-11-1-2-12-28)25(30)18-5-10-22-23(16-18)33-15-14-32-22;/h5-10,16,21,25,30H,1-4,11-15,17H2,(H,27,29);1H4/t21-,25-;/m1./s1. The summed E-state index contributed by atoms with van der Waals surface area (Å²) in [5.41, 5.74) is 0.684. The van der Waals surface area contributed by atoms with E-state index in [1.54, 1.807) is 24.3 Å². The van der Waals surface area contributed by atoms with Crippen LogP contribution in [0.1, 0.15) is 44.8 Å². The first-order valence-corrected chi connectivity index (χ1v) is 11.6. The summed E-state index contributed by atoms with van der Waals surface area (Å²) in [6, 6.07) is 10.8. The Morgan fingerprint density at radius 2 is 1.79 bits per heavy atom. The van der Waals surface area contributed by atoms with Crippen LogP contribution in [-0.4, -0.2) is 61.4 Å². The van der Waals surface area contributed by atoms with Gasteiger partial charge in [-0.3, -0.25) is 4.79 Å². The third kappa shape index (κ3) is 7.08. The van der Waals surface area contributed by atoms with Crippen LogP contribution in [0.5, 0.6) is 17.2 Å². The van der Waals surface area contributed by atoms with Gasteiger partial charge in [-0.05, 0) is 74.3 Å². The number of fused-ring (bicyclic) bond motifs is 1. The van der Waals surface area contributed by atoms with E-state index >= 15 is 0 Å². The van der Waals surface area contributed by atoms with E-state index < -0.39 is 12.1 Å². The lowest BCUT2D eigenvalue weighted by molar-refractivity contribution is -0.123. The molecule has 7 nitrogen and oxygen atoms in total. The average Bonchev–Trinajstić information content (AvgIpc) is 3.35. The number of hydrogen-bond donors (Lipinski definition) is 2. The molecule has 2 aliphatic heterocycles. The Kier molecular flexibility index (Phi) is 9.53. The Bertz CT molecular complexity index is 918. The first-order chi connectivity index (χ1) is 16.1. The molecule has 1 saturated heterocycles. The Hall–Kier alpha value is -2.84. The molecule has 2 aromatic rings. The number of carbonyl (C=O) groups is 1. The number of amides is 1. The largest absolute Gasteiger partial charge is 0.494 e. The summed E-state index contributed by atoms with van der Waals surface area (Å²) < 4.78 is 29.8. The van der Waals surface area contributed by atoms with Crippen molar-refractivity contribution in [3.05, 3.63) is 53.8 Å². The minimum Gasteiger partial charge on any atom is -0.494 e. The van der Waals surface area contributed by atoms with Crippen molar-refractivity contribution in [1.29, 1.82) is 0 Å². The van der Waals surface area contributed by atoms with Gasteiger partial charge in [0, 0.05) is 13.0 Å². The molecule has 0 saturated carbocycles. The number of nitrogens with zero attached hydrogens (tertiary/aromatic N) is 1. The maximum absolute atomic E-state index is 13.0. The first kappa shape index (κ1) is 25.8. The number of likely N-dealkylation sites (tertiary alicyclic amines) is 1. The highest BCUT2D eigenvalue weighted by molar-refractivity contribution is 5.76. The maximum Gasteiger partial charge on any atom is 0.220 e. The number of ether oxygens (including phenoxy) is 3. The Morgan fingerprint density at radius 3 is 2.53 bits per heavy atom. The van der Waals surface area contributed by atoms with Crippen molar-refractivity contribution in [2.75, 3.05) is 39.5 Å². The normalized spacial score (nSPS) is 16.9. The third-order valence-electron chi connectivity index (χ3n) is 5.92. The van der Waals surface area contributed by atoms with Gasteiger partial charge in [-0.2, -0.15) is 0 Å². The summed E-state index contributed by atoms with van der Waals surface area (Å²) in [6.45, 7) is 3.83. The number of hydrogen-bond acceptors (Lipinski definition) is 6. The van der Waals surface area contributed by atoms with Crippen LogP contribution in [0.2, 0.25) is 0 Å². The third-order valence-corrected chi connectivity index (χ3v) is 5.92. The molecule has 0 spiro atoms. The van der Waals surface area contributed by atoms with Crippen molar-refractivity contribution in [1.82, 2.24) is 10.2 Å². The Balaban J connectivity index is 0.00000324. The molecule has 0 bridgehead atoms. The lowest BCUT2D eigenvalue weighted by atomic mass is 10.0. The summed E-state index contributed by atoms with van der Waals surface area (Å²) in [6.07, 6.45) is 2.16. The quantitative estimate of drug-likeness (QED) is 0.511. The summed E-state index contributed by atoms with van der Waals surface area (Å²) in [5.74, 6) is 1.39. The smallest absolute Gasteiger partial charge is 0.220 e. The van der Waals surface area contributed by atoms with Gasteiger partial charge < -0.3 is 29.5 Å². The SMILES string of the molecule is C.O=C(CCCOc1ccc(F)cc1)N[C@H](CN1CCCC1)[C@H](O)c1ccc2c(c1)OCCO2. The highest BCUT2D eigenvalue weighted by Gasteiger charge is 2.27. The molecule has 4 rings (SSSR count). The highest BCUT2D eigenvalue weighted by Crippen LogP contribution is 2.33. The van der Waals surface area contributed by atoms with Gasteiger partial charge in [-0.25, -0.2) is 4.39 Å². The monoisotopic (exact) mass is 474 g/mol. The molecule has 2 aliphatic rings. The predicted molar refractivity (Wildman–Crippen MR) is 128 cm³/mol. The highest BCUT2D eigenvalue weighted by atomic mass is 19.1. The molecule has 0 radical (unpaired) electrons. The summed E-state index contributed by atoms with van der Waals surface area (Å²) in [5, 5.41) is 14.2. The van der Waals surface area contributed by atoms with Gasteiger partial charge in [0.25, 0.3) is 0 Å². The van der Waals surface area contributed by atoms with E-state index in [0.717, 1.165) is 25.9 Å². The van der Waals surface area contributed by atoms with E-state index in [4.69, 9.17) is 14.2 Å². The minimum absolute atomic E-state index is 0. The van der Waals surface area contributed by atoms with Crippen LogP contribution in [0.25, 0.3) is 0 Å². The second kappa shape index (κ2) is 12.6. The van der Waals surface area contributed by atoms with Crippen LogP contribution in [0.3, 0.4) is 0 Å². The van der Waals surface area contributed by atoms with Crippen molar-refractivity contribution in [3.8, 4) is 17.2 Å². The molecule has 0 aliphatic carbocycles. The molecule has 2 N–H and O–H groups in total. The van der Waals surface area contributed by atoms with Crippen LogP contribution in [-0.2, 0) is 4.79 Å². The van der Waals surface area contributed by atoms with E-state index in [2.05, 4.69) is 10.2 Å². The van der Waals surface area contributed by atoms with Crippen LogP contribution in [0, 0.1) is 5.82 Å². The molecular weight excluding hydrogens is 439 g/mol. The van der Waals surface area contributed by atoms with Gasteiger partial charge in [-0.1, -0.05) is 13.5 Å². The van der Waals surface area contributed by atoms with E-state index in [9.17, 15) is 14.3 Å². The zero-order valence-corrected chi connectivity index (χ0v) is 18.7. The molecule has 2 atom stereocenters. The average molecular weight is 475 g/mol. The maximum atomic E-state index is 13.0. The van der Waals surface area contributed by atoms with E-state index in [1.165, 1.54) is 12.1 Å². The van der Waals surface area contributed by atoms with Crippen molar-refractivity contribution in [3.63, 3.8) is 0 Å². The van der Waals surface area contributed by atoms with E-state index in [-0.39, 0.29) is 25.6 Å². The van der Waals surface area contributed by atoms with Crippen molar-refractivity contribution < 1.29 is 28.5 Å². The van der Waals surface area contributed by atoms with Crippen LogP contribution >= 0.6 is 0 Å². The van der Waals surface area contributed by atoms with Gasteiger partial charge in [0.15, 0.2) is 11.5 Å². The zero-order valence-electron chi connectivity index (χ0n) is 18.7. The van der Waals surface area contributed by atoms with Gasteiger partial charge in [0.1, 0.15) is 30.9 Å². The van der Waals surface area contributed by atoms with Crippen molar-refractivity contribution in [2.24, 2.45) is 0 Å². The summed E-state index contributed by atoms with van der Waals surface area (Å²) in [7, 11) is 0.